The molecule has 1 aromatic rings. The van der Waals surface area contributed by atoms with Crippen LogP contribution in [0.5, 0.6) is 0 Å². The normalized spacial score (nSPS) is 13.1. The van der Waals surface area contributed by atoms with Crippen LogP contribution in [0.25, 0.3) is 0 Å². The largest absolute Gasteiger partial charge is 0.480 e. The van der Waals surface area contributed by atoms with E-state index in [1.165, 1.54) is 11.8 Å². The SMILES string of the molecule is NC(=O)C[C@H](N)C(=O)N[C@@H](CSCc1ccccc1)C(=O)O. The third-order valence-electron chi connectivity index (χ3n) is 2.77. The minimum absolute atomic E-state index is 0.194. The Morgan fingerprint density at radius 3 is 2.41 bits per heavy atom. The topological polar surface area (TPSA) is 136 Å². The van der Waals surface area contributed by atoms with Gasteiger partial charge in [0.25, 0.3) is 0 Å². The first-order valence-corrected chi connectivity index (χ1v) is 7.74. The molecule has 7 nitrogen and oxygen atoms in total. The number of hydrogen-bond donors (Lipinski definition) is 4. The van der Waals surface area contributed by atoms with Crippen molar-refractivity contribution in [1.82, 2.24) is 5.32 Å². The molecule has 2 atom stereocenters. The molecule has 0 unspecified atom stereocenters. The fourth-order valence-electron chi connectivity index (χ4n) is 1.63. The zero-order valence-electron chi connectivity index (χ0n) is 11.9. The molecule has 1 aromatic carbocycles. The Bertz CT molecular complexity index is 524. The average molecular weight is 325 g/mol. The summed E-state index contributed by atoms with van der Waals surface area (Å²) in [5, 5.41) is 11.4. The van der Waals surface area contributed by atoms with Crippen LogP contribution in [0.3, 0.4) is 0 Å². The lowest BCUT2D eigenvalue weighted by Crippen LogP contribution is -2.50. The zero-order chi connectivity index (χ0) is 16.5. The maximum absolute atomic E-state index is 11.7. The highest BCUT2D eigenvalue weighted by Gasteiger charge is 2.24. The molecule has 22 heavy (non-hydrogen) atoms. The molecular weight excluding hydrogens is 306 g/mol. The number of carbonyl (C=O) groups excluding carboxylic acids is 2. The monoisotopic (exact) mass is 325 g/mol. The van der Waals surface area contributed by atoms with Gasteiger partial charge in [0.15, 0.2) is 0 Å². The molecule has 0 heterocycles. The van der Waals surface area contributed by atoms with Crippen LogP contribution in [-0.4, -0.2) is 40.7 Å². The van der Waals surface area contributed by atoms with Crippen LogP contribution in [0.4, 0.5) is 0 Å². The van der Waals surface area contributed by atoms with E-state index in [9.17, 15) is 14.4 Å². The lowest BCUT2D eigenvalue weighted by Gasteiger charge is -2.17. The zero-order valence-corrected chi connectivity index (χ0v) is 12.7. The second-order valence-corrected chi connectivity index (χ2v) is 5.71. The fraction of sp³-hybridized carbons (Fsp3) is 0.357. The minimum Gasteiger partial charge on any atom is -0.480 e. The van der Waals surface area contributed by atoms with Crippen LogP contribution < -0.4 is 16.8 Å². The van der Waals surface area contributed by atoms with Crippen LogP contribution in [-0.2, 0) is 20.1 Å². The molecule has 1 rings (SSSR count). The van der Waals surface area contributed by atoms with Crippen molar-refractivity contribution in [3.05, 3.63) is 35.9 Å². The van der Waals surface area contributed by atoms with Gasteiger partial charge in [0.05, 0.1) is 12.5 Å². The highest BCUT2D eigenvalue weighted by atomic mass is 32.2. The molecule has 120 valence electrons. The summed E-state index contributed by atoms with van der Waals surface area (Å²) in [6, 6.07) is 7.35. The molecule has 0 aliphatic rings. The van der Waals surface area contributed by atoms with E-state index in [1.807, 2.05) is 30.3 Å². The van der Waals surface area contributed by atoms with E-state index in [-0.39, 0.29) is 12.2 Å². The molecule has 0 spiro atoms. The Morgan fingerprint density at radius 1 is 1.23 bits per heavy atom. The Hall–Kier alpha value is -2.06. The summed E-state index contributed by atoms with van der Waals surface area (Å²) in [7, 11) is 0. The number of carbonyl (C=O) groups is 3. The molecule has 0 saturated heterocycles. The number of thioether (sulfide) groups is 1. The molecule has 0 saturated carbocycles. The number of primary amides is 1. The fourth-order valence-corrected chi connectivity index (χ4v) is 2.64. The lowest BCUT2D eigenvalue weighted by atomic mass is 10.2. The van der Waals surface area contributed by atoms with Crippen molar-refractivity contribution in [2.45, 2.75) is 24.3 Å². The van der Waals surface area contributed by atoms with Crippen LogP contribution >= 0.6 is 11.8 Å². The van der Waals surface area contributed by atoms with Gasteiger partial charge < -0.3 is 21.9 Å². The predicted molar refractivity (Wildman–Crippen MR) is 84.0 cm³/mol. The second kappa shape index (κ2) is 9.06. The summed E-state index contributed by atoms with van der Waals surface area (Å²) in [5.41, 5.74) is 11.5. The quantitative estimate of drug-likeness (QED) is 0.492. The van der Waals surface area contributed by atoms with Gasteiger partial charge in [-0.3, -0.25) is 9.59 Å². The van der Waals surface area contributed by atoms with Gasteiger partial charge in [0.1, 0.15) is 6.04 Å². The minimum atomic E-state index is -1.15. The Balaban J connectivity index is 2.46. The Labute approximate surface area is 132 Å². The summed E-state index contributed by atoms with van der Waals surface area (Å²) in [4.78, 5) is 33.6. The van der Waals surface area contributed by atoms with Gasteiger partial charge in [-0.2, -0.15) is 11.8 Å². The van der Waals surface area contributed by atoms with E-state index in [2.05, 4.69) is 5.32 Å². The summed E-state index contributed by atoms with van der Waals surface area (Å²) in [5.74, 6) is -1.74. The number of carboxylic acids is 1. The first-order chi connectivity index (χ1) is 10.4. The Morgan fingerprint density at radius 2 is 1.86 bits per heavy atom. The molecule has 0 aliphatic heterocycles. The second-order valence-electron chi connectivity index (χ2n) is 4.68. The van der Waals surface area contributed by atoms with E-state index >= 15 is 0 Å². The van der Waals surface area contributed by atoms with Crippen molar-refractivity contribution in [2.75, 3.05) is 5.75 Å². The summed E-state index contributed by atoms with van der Waals surface area (Å²) in [6.07, 6.45) is -0.324. The Kier molecular flexibility index (Phi) is 7.41. The van der Waals surface area contributed by atoms with Crippen molar-refractivity contribution in [1.29, 1.82) is 0 Å². The van der Waals surface area contributed by atoms with Crippen molar-refractivity contribution in [2.24, 2.45) is 11.5 Å². The highest BCUT2D eigenvalue weighted by Crippen LogP contribution is 2.13. The maximum Gasteiger partial charge on any atom is 0.327 e. The first kappa shape index (κ1) is 18.0. The van der Waals surface area contributed by atoms with Gasteiger partial charge in [-0.05, 0) is 5.56 Å². The van der Waals surface area contributed by atoms with Gasteiger partial charge in [-0.25, -0.2) is 4.79 Å². The number of carboxylic acid groups (broad SMARTS) is 1. The van der Waals surface area contributed by atoms with Crippen LogP contribution in [0.15, 0.2) is 30.3 Å². The molecule has 2 amide bonds. The number of amides is 2. The molecule has 0 radical (unpaired) electrons. The molecule has 6 N–H and O–H groups in total. The van der Waals surface area contributed by atoms with Crippen molar-refractivity contribution >= 4 is 29.5 Å². The van der Waals surface area contributed by atoms with Gasteiger partial charge in [0, 0.05) is 11.5 Å². The van der Waals surface area contributed by atoms with Gasteiger partial charge in [-0.1, -0.05) is 30.3 Å². The third-order valence-corrected chi connectivity index (χ3v) is 3.88. The first-order valence-electron chi connectivity index (χ1n) is 6.59. The summed E-state index contributed by atoms with van der Waals surface area (Å²) in [6.45, 7) is 0. The number of nitrogens with one attached hydrogen (secondary N) is 1. The lowest BCUT2D eigenvalue weighted by molar-refractivity contribution is -0.141. The van der Waals surface area contributed by atoms with Crippen LogP contribution in [0.2, 0.25) is 0 Å². The van der Waals surface area contributed by atoms with Crippen molar-refractivity contribution in [3.8, 4) is 0 Å². The smallest absolute Gasteiger partial charge is 0.327 e. The number of aliphatic carboxylic acids is 1. The van der Waals surface area contributed by atoms with Crippen LogP contribution in [0, 0.1) is 0 Å². The molecular formula is C14H19N3O4S. The number of hydrogen-bond acceptors (Lipinski definition) is 5. The molecule has 8 heteroatoms. The van der Waals surface area contributed by atoms with E-state index in [0.717, 1.165) is 5.56 Å². The summed E-state index contributed by atoms with van der Waals surface area (Å²) >= 11 is 1.38. The molecule has 0 bridgehead atoms. The number of benzene rings is 1. The molecule has 0 aromatic heterocycles. The van der Waals surface area contributed by atoms with E-state index in [4.69, 9.17) is 16.6 Å². The summed E-state index contributed by atoms with van der Waals surface area (Å²) < 4.78 is 0. The van der Waals surface area contributed by atoms with Crippen LogP contribution in [0.1, 0.15) is 12.0 Å². The van der Waals surface area contributed by atoms with E-state index in [0.29, 0.717) is 5.75 Å². The van der Waals surface area contributed by atoms with Gasteiger partial charge in [-0.15, -0.1) is 0 Å². The third kappa shape index (κ3) is 6.59. The van der Waals surface area contributed by atoms with Gasteiger partial charge >= 0.3 is 5.97 Å². The predicted octanol–water partition coefficient (Wildman–Crippen LogP) is -0.308. The van der Waals surface area contributed by atoms with Crippen molar-refractivity contribution in [3.63, 3.8) is 0 Å². The standard InChI is InChI=1S/C14H19N3O4S/c15-10(6-12(16)18)13(19)17-11(14(20)21)8-22-7-9-4-2-1-3-5-9/h1-5,10-11H,6-8,15H2,(H2,16,18)(H,17,19)(H,20,21)/t10-,11-/m0/s1. The number of nitrogens with two attached hydrogens (primary N) is 2. The van der Waals surface area contributed by atoms with E-state index < -0.39 is 29.9 Å². The average Bonchev–Trinajstić information content (AvgIpc) is 2.46. The van der Waals surface area contributed by atoms with Crippen molar-refractivity contribution < 1.29 is 19.5 Å². The van der Waals surface area contributed by atoms with Gasteiger partial charge in [0.2, 0.25) is 11.8 Å². The molecule has 0 aliphatic carbocycles. The molecule has 0 fully saturated rings. The highest BCUT2D eigenvalue weighted by molar-refractivity contribution is 7.98. The number of rotatable bonds is 9. The maximum atomic E-state index is 11.7. The van der Waals surface area contributed by atoms with E-state index in [1.54, 1.807) is 0 Å².